The van der Waals surface area contributed by atoms with Gasteiger partial charge in [-0.2, -0.15) is 4.31 Å². The summed E-state index contributed by atoms with van der Waals surface area (Å²) in [4.78, 5) is 26.3. The highest BCUT2D eigenvalue weighted by atomic mass is 32.2. The Bertz CT molecular complexity index is 1050. The number of carbonyl (C=O) groups excluding carboxylic acids is 2. The molecule has 1 aliphatic rings. The van der Waals surface area contributed by atoms with Gasteiger partial charge >= 0.3 is 0 Å². The molecule has 10 nitrogen and oxygen atoms in total. The number of ether oxygens (including phenoxy) is 1. The minimum Gasteiger partial charge on any atom is -0.497 e. The van der Waals surface area contributed by atoms with Crippen molar-refractivity contribution in [3.63, 3.8) is 0 Å². The number of hydrogen-bond donors (Lipinski definition) is 1. The van der Waals surface area contributed by atoms with Gasteiger partial charge in [-0.15, -0.1) is 0 Å². The van der Waals surface area contributed by atoms with Crippen LogP contribution >= 0.6 is 0 Å². The number of aromatic nitrogens is 1. The molecule has 0 radical (unpaired) electrons. The fourth-order valence-corrected chi connectivity index (χ4v) is 5.50. The standard InChI is InChI=1S/C21H28N4O6S/c1-14-21(15(2)31-23-14)32(28,29)25-11-9-24(10-12-25)20(27)13-19(22-16(3)26)17-5-7-18(30-4)8-6-17/h5-8,19H,9-13H2,1-4H3,(H,22,26). The van der Waals surface area contributed by atoms with Gasteiger partial charge in [-0.25, -0.2) is 8.42 Å². The molecule has 1 atom stereocenters. The fourth-order valence-electron chi connectivity index (χ4n) is 3.79. The molecule has 1 fully saturated rings. The van der Waals surface area contributed by atoms with Crippen LogP contribution in [0.5, 0.6) is 5.75 Å². The van der Waals surface area contributed by atoms with Crippen LogP contribution in [-0.2, 0) is 19.6 Å². The first-order valence-corrected chi connectivity index (χ1v) is 11.7. The van der Waals surface area contributed by atoms with Crippen molar-refractivity contribution in [2.75, 3.05) is 33.3 Å². The van der Waals surface area contributed by atoms with Crippen molar-refractivity contribution in [1.29, 1.82) is 0 Å². The van der Waals surface area contributed by atoms with Crippen LogP contribution in [0.1, 0.15) is 36.4 Å². The Kier molecular flexibility index (Phi) is 7.19. The van der Waals surface area contributed by atoms with Gasteiger partial charge in [-0.05, 0) is 31.5 Å². The molecule has 1 saturated heterocycles. The molecule has 0 saturated carbocycles. The van der Waals surface area contributed by atoms with Gasteiger partial charge in [0, 0.05) is 33.1 Å². The summed E-state index contributed by atoms with van der Waals surface area (Å²) in [7, 11) is -2.18. The van der Waals surface area contributed by atoms with Gasteiger partial charge < -0.3 is 19.5 Å². The predicted octanol–water partition coefficient (Wildman–Crippen LogP) is 1.40. The van der Waals surface area contributed by atoms with E-state index in [2.05, 4.69) is 10.5 Å². The molecule has 1 N–H and O–H groups in total. The third-order valence-corrected chi connectivity index (χ3v) is 7.58. The van der Waals surface area contributed by atoms with Gasteiger partial charge in [0.05, 0.1) is 19.6 Å². The van der Waals surface area contributed by atoms with Crippen LogP contribution < -0.4 is 10.1 Å². The number of sulfonamides is 1. The summed E-state index contributed by atoms with van der Waals surface area (Å²) in [6, 6.07) is 6.66. The van der Waals surface area contributed by atoms with Crippen LogP contribution in [0.3, 0.4) is 0 Å². The van der Waals surface area contributed by atoms with Crippen LogP contribution in [-0.4, -0.2) is 67.9 Å². The van der Waals surface area contributed by atoms with Crippen molar-refractivity contribution >= 4 is 21.8 Å². The molecule has 1 unspecified atom stereocenters. The maximum atomic E-state index is 13.0. The molecular weight excluding hydrogens is 436 g/mol. The van der Waals surface area contributed by atoms with Crippen molar-refractivity contribution in [2.45, 2.75) is 38.1 Å². The molecule has 11 heteroatoms. The highest BCUT2D eigenvalue weighted by molar-refractivity contribution is 7.89. The molecule has 3 rings (SSSR count). The monoisotopic (exact) mass is 464 g/mol. The van der Waals surface area contributed by atoms with E-state index in [4.69, 9.17) is 9.26 Å². The lowest BCUT2D eigenvalue weighted by atomic mass is 10.0. The maximum absolute atomic E-state index is 13.0. The first-order chi connectivity index (χ1) is 15.1. The van der Waals surface area contributed by atoms with E-state index < -0.39 is 16.1 Å². The summed E-state index contributed by atoms with van der Waals surface area (Å²) in [6.45, 7) is 5.42. The van der Waals surface area contributed by atoms with Gasteiger partial charge in [0.15, 0.2) is 5.76 Å². The molecule has 174 valence electrons. The normalized spacial score (nSPS) is 15.9. The number of nitrogens with one attached hydrogen (secondary N) is 1. The minimum atomic E-state index is -3.75. The first-order valence-electron chi connectivity index (χ1n) is 10.2. The SMILES string of the molecule is COc1ccc(C(CC(=O)N2CCN(S(=O)(=O)c3c(C)noc3C)CC2)NC(C)=O)cc1. The van der Waals surface area contributed by atoms with Crippen molar-refractivity contribution in [3.8, 4) is 5.75 Å². The van der Waals surface area contributed by atoms with Gasteiger partial charge in [0.25, 0.3) is 0 Å². The lowest BCUT2D eigenvalue weighted by Gasteiger charge is -2.34. The molecular formula is C21H28N4O6S. The van der Waals surface area contributed by atoms with E-state index in [1.807, 2.05) is 0 Å². The zero-order chi connectivity index (χ0) is 23.5. The molecule has 2 amide bonds. The van der Waals surface area contributed by atoms with E-state index in [-0.39, 0.29) is 55.1 Å². The molecule has 32 heavy (non-hydrogen) atoms. The van der Waals surface area contributed by atoms with Crippen LogP contribution in [0.4, 0.5) is 0 Å². The Hall–Kier alpha value is -2.92. The van der Waals surface area contributed by atoms with Crippen LogP contribution in [0.15, 0.2) is 33.7 Å². The second kappa shape index (κ2) is 9.70. The molecule has 2 aromatic rings. The van der Waals surface area contributed by atoms with Gasteiger partial charge in [-0.1, -0.05) is 17.3 Å². The third kappa shape index (κ3) is 5.10. The van der Waals surface area contributed by atoms with Crippen LogP contribution in [0.25, 0.3) is 0 Å². The van der Waals surface area contributed by atoms with E-state index in [9.17, 15) is 18.0 Å². The molecule has 1 aromatic carbocycles. The van der Waals surface area contributed by atoms with Gasteiger partial charge in [-0.3, -0.25) is 9.59 Å². The molecule has 1 aromatic heterocycles. The molecule has 0 spiro atoms. The zero-order valence-corrected chi connectivity index (χ0v) is 19.4. The first kappa shape index (κ1) is 23.7. The molecule has 1 aliphatic heterocycles. The van der Waals surface area contributed by atoms with E-state index in [1.165, 1.54) is 11.2 Å². The average Bonchev–Trinajstić information content (AvgIpc) is 3.11. The lowest BCUT2D eigenvalue weighted by molar-refractivity contribution is -0.133. The second-order valence-corrected chi connectivity index (χ2v) is 9.54. The topological polar surface area (TPSA) is 122 Å². The summed E-state index contributed by atoms with van der Waals surface area (Å²) in [5.74, 6) is 0.527. The third-order valence-electron chi connectivity index (χ3n) is 5.43. The van der Waals surface area contributed by atoms with Crippen molar-refractivity contribution in [2.24, 2.45) is 0 Å². The fraction of sp³-hybridized carbons (Fsp3) is 0.476. The number of amides is 2. The van der Waals surface area contributed by atoms with Crippen molar-refractivity contribution < 1.29 is 27.3 Å². The Morgan fingerprint density at radius 3 is 2.28 bits per heavy atom. The Morgan fingerprint density at radius 1 is 1.16 bits per heavy atom. The number of carbonyl (C=O) groups is 2. The quantitative estimate of drug-likeness (QED) is 0.657. The van der Waals surface area contributed by atoms with E-state index >= 15 is 0 Å². The molecule has 0 bridgehead atoms. The number of piperazine rings is 1. The predicted molar refractivity (Wildman–Crippen MR) is 115 cm³/mol. The number of nitrogens with zero attached hydrogens (tertiary/aromatic N) is 3. The minimum absolute atomic E-state index is 0.0720. The number of benzene rings is 1. The molecule has 2 heterocycles. The van der Waals surface area contributed by atoms with Gasteiger partial charge in [0.2, 0.25) is 21.8 Å². The number of rotatable bonds is 7. The summed E-state index contributed by atoms with van der Waals surface area (Å²) >= 11 is 0. The summed E-state index contributed by atoms with van der Waals surface area (Å²) in [5.41, 5.74) is 1.10. The van der Waals surface area contributed by atoms with Crippen molar-refractivity contribution in [1.82, 2.24) is 19.7 Å². The average molecular weight is 465 g/mol. The smallest absolute Gasteiger partial charge is 0.248 e. The van der Waals surface area contributed by atoms with E-state index in [0.717, 1.165) is 5.56 Å². The summed E-state index contributed by atoms with van der Waals surface area (Å²) in [6.07, 6.45) is 0.0720. The summed E-state index contributed by atoms with van der Waals surface area (Å²) in [5, 5.41) is 6.55. The largest absolute Gasteiger partial charge is 0.497 e. The molecule has 0 aliphatic carbocycles. The second-order valence-electron chi connectivity index (χ2n) is 7.67. The maximum Gasteiger partial charge on any atom is 0.248 e. The summed E-state index contributed by atoms with van der Waals surface area (Å²) < 4.78 is 37.4. The lowest BCUT2D eigenvalue weighted by Crippen LogP contribution is -2.51. The number of aryl methyl sites for hydroxylation is 2. The van der Waals surface area contributed by atoms with Crippen LogP contribution in [0.2, 0.25) is 0 Å². The van der Waals surface area contributed by atoms with Gasteiger partial charge in [0.1, 0.15) is 16.3 Å². The number of hydrogen-bond acceptors (Lipinski definition) is 7. The number of methoxy groups -OCH3 is 1. The highest BCUT2D eigenvalue weighted by Gasteiger charge is 2.34. The zero-order valence-electron chi connectivity index (χ0n) is 18.6. The highest BCUT2D eigenvalue weighted by Crippen LogP contribution is 2.25. The Morgan fingerprint density at radius 2 is 1.78 bits per heavy atom. The van der Waals surface area contributed by atoms with Crippen LogP contribution in [0, 0.1) is 13.8 Å². The Labute approximate surface area is 187 Å². The van der Waals surface area contributed by atoms with E-state index in [1.54, 1.807) is 50.1 Å². The van der Waals surface area contributed by atoms with E-state index in [0.29, 0.717) is 11.4 Å². The Balaban J connectivity index is 1.66. The van der Waals surface area contributed by atoms with Crippen molar-refractivity contribution in [3.05, 3.63) is 41.3 Å².